The molecule has 7 nitrogen and oxygen atoms in total. The second kappa shape index (κ2) is 10.0. The molecule has 0 aromatic carbocycles. The van der Waals surface area contributed by atoms with Gasteiger partial charge in [-0.05, 0) is 43.0 Å². The van der Waals surface area contributed by atoms with Crippen LogP contribution in [0.25, 0.3) is 0 Å². The molecule has 0 aliphatic heterocycles. The number of ether oxygens (including phenoxy) is 1. The molecule has 0 amide bonds. The van der Waals surface area contributed by atoms with E-state index in [2.05, 4.69) is 38.3 Å². The predicted molar refractivity (Wildman–Crippen MR) is 113 cm³/mol. The number of thiophene rings is 1. The Balaban J connectivity index is 1.65. The van der Waals surface area contributed by atoms with Crippen molar-refractivity contribution in [2.24, 2.45) is 17.5 Å². The summed E-state index contributed by atoms with van der Waals surface area (Å²) in [4.78, 5) is 6.08. The third-order valence-electron chi connectivity index (χ3n) is 5.70. The molecule has 154 valence electrons. The molecule has 0 spiro atoms. The van der Waals surface area contributed by atoms with Crippen molar-refractivity contribution in [2.45, 2.75) is 52.1 Å². The van der Waals surface area contributed by atoms with Crippen LogP contribution in [0, 0.1) is 12.3 Å². The van der Waals surface area contributed by atoms with E-state index in [1.165, 1.54) is 30.6 Å². The minimum Gasteiger partial charge on any atom is -0.385 e. The van der Waals surface area contributed by atoms with Gasteiger partial charge in [0.1, 0.15) is 12.4 Å². The number of guanidine groups is 1. The van der Waals surface area contributed by atoms with Crippen molar-refractivity contribution < 1.29 is 4.74 Å². The van der Waals surface area contributed by atoms with E-state index in [1.807, 2.05) is 18.5 Å². The minimum atomic E-state index is 0.308. The number of hydrogen-bond donors (Lipinski definition) is 2. The van der Waals surface area contributed by atoms with E-state index in [4.69, 9.17) is 9.73 Å². The number of hydrogen-bond acceptors (Lipinski definition) is 5. The van der Waals surface area contributed by atoms with Crippen LogP contribution in [-0.4, -0.2) is 41.0 Å². The number of nitrogens with zero attached hydrogens (tertiary/aromatic N) is 4. The first-order valence-electron chi connectivity index (χ1n) is 10.0. The van der Waals surface area contributed by atoms with E-state index in [1.54, 1.807) is 18.4 Å². The van der Waals surface area contributed by atoms with Crippen LogP contribution >= 0.6 is 11.3 Å². The highest BCUT2D eigenvalue weighted by Gasteiger charge is 2.33. The zero-order chi connectivity index (χ0) is 19.8. The van der Waals surface area contributed by atoms with Gasteiger partial charge in [-0.2, -0.15) is 0 Å². The summed E-state index contributed by atoms with van der Waals surface area (Å²) < 4.78 is 7.35. The molecule has 28 heavy (non-hydrogen) atoms. The van der Waals surface area contributed by atoms with Crippen LogP contribution in [0.4, 0.5) is 0 Å². The fourth-order valence-electron chi connectivity index (χ4n) is 3.73. The molecular weight excluding hydrogens is 372 g/mol. The summed E-state index contributed by atoms with van der Waals surface area (Å²) in [5.41, 5.74) is 0.308. The lowest BCUT2D eigenvalue weighted by atomic mass is 9.83. The van der Waals surface area contributed by atoms with Crippen molar-refractivity contribution in [2.75, 3.05) is 20.3 Å². The molecule has 2 aromatic heterocycles. The summed E-state index contributed by atoms with van der Waals surface area (Å²) in [5.74, 6) is 2.60. The van der Waals surface area contributed by atoms with Gasteiger partial charge >= 0.3 is 0 Å². The van der Waals surface area contributed by atoms with Crippen LogP contribution in [0.2, 0.25) is 0 Å². The second-order valence-electron chi connectivity index (χ2n) is 7.62. The summed E-state index contributed by atoms with van der Waals surface area (Å²) in [6.45, 7) is 4.96. The SMILES string of the molecule is COCCC1(CNC(=NCc2nnc(C)n2C)NCc2cccs2)CCCC1. The fourth-order valence-corrected chi connectivity index (χ4v) is 4.37. The summed E-state index contributed by atoms with van der Waals surface area (Å²) in [6.07, 6.45) is 6.21. The summed E-state index contributed by atoms with van der Waals surface area (Å²) in [7, 11) is 3.76. The lowest BCUT2D eigenvalue weighted by molar-refractivity contribution is 0.138. The molecule has 1 aliphatic rings. The molecule has 1 fully saturated rings. The van der Waals surface area contributed by atoms with Crippen molar-refractivity contribution in [1.82, 2.24) is 25.4 Å². The quantitative estimate of drug-likeness (QED) is 0.496. The van der Waals surface area contributed by atoms with Gasteiger partial charge in [0.2, 0.25) is 0 Å². The van der Waals surface area contributed by atoms with Crippen molar-refractivity contribution in [1.29, 1.82) is 0 Å². The van der Waals surface area contributed by atoms with Crippen molar-refractivity contribution in [3.8, 4) is 0 Å². The zero-order valence-corrected chi connectivity index (χ0v) is 18.0. The van der Waals surface area contributed by atoms with E-state index in [0.29, 0.717) is 12.0 Å². The highest BCUT2D eigenvalue weighted by molar-refractivity contribution is 7.09. The Morgan fingerprint density at radius 3 is 2.79 bits per heavy atom. The Morgan fingerprint density at radius 2 is 2.14 bits per heavy atom. The molecule has 0 saturated heterocycles. The first-order valence-corrected chi connectivity index (χ1v) is 10.9. The van der Waals surface area contributed by atoms with Crippen LogP contribution in [0.3, 0.4) is 0 Å². The molecule has 3 rings (SSSR count). The molecule has 2 N–H and O–H groups in total. The molecule has 2 heterocycles. The number of methoxy groups -OCH3 is 1. The van der Waals surface area contributed by atoms with E-state index < -0.39 is 0 Å². The average Bonchev–Trinajstić information content (AvgIpc) is 3.44. The summed E-state index contributed by atoms with van der Waals surface area (Å²) in [6, 6.07) is 4.21. The molecule has 8 heteroatoms. The van der Waals surface area contributed by atoms with E-state index >= 15 is 0 Å². The normalized spacial score (nSPS) is 16.5. The summed E-state index contributed by atoms with van der Waals surface area (Å²) >= 11 is 1.75. The maximum absolute atomic E-state index is 5.36. The number of aromatic nitrogens is 3. The van der Waals surface area contributed by atoms with E-state index in [9.17, 15) is 0 Å². The minimum absolute atomic E-state index is 0.308. The predicted octanol–water partition coefficient (Wildman–Crippen LogP) is 3.02. The highest BCUT2D eigenvalue weighted by Crippen LogP contribution is 2.40. The maximum Gasteiger partial charge on any atom is 0.192 e. The van der Waals surface area contributed by atoms with E-state index in [0.717, 1.165) is 43.7 Å². The monoisotopic (exact) mass is 404 g/mol. The largest absolute Gasteiger partial charge is 0.385 e. The lowest BCUT2D eigenvalue weighted by Gasteiger charge is -2.30. The zero-order valence-electron chi connectivity index (χ0n) is 17.2. The van der Waals surface area contributed by atoms with Gasteiger partial charge in [0.15, 0.2) is 11.8 Å². The molecule has 0 bridgehead atoms. The van der Waals surface area contributed by atoms with Crippen molar-refractivity contribution in [3.05, 3.63) is 34.0 Å². The molecule has 1 aliphatic carbocycles. The molecular formula is C20H32N6OS. The highest BCUT2D eigenvalue weighted by atomic mass is 32.1. The van der Waals surface area contributed by atoms with E-state index in [-0.39, 0.29) is 0 Å². The molecule has 0 radical (unpaired) electrons. The summed E-state index contributed by atoms with van der Waals surface area (Å²) in [5, 5.41) is 17.5. The van der Waals surface area contributed by atoms with Crippen LogP contribution < -0.4 is 10.6 Å². The number of aliphatic imine (C=N–C) groups is 1. The average molecular weight is 405 g/mol. The first kappa shape index (κ1) is 20.8. The van der Waals surface area contributed by atoms with Gasteiger partial charge in [-0.15, -0.1) is 21.5 Å². The number of rotatable bonds is 9. The van der Waals surface area contributed by atoms with Gasteiger partial charge in [-0.25, -0.2) is 4.99 Å². The second-order valence-corrected chi connectivity index (χ2v) is 8.66. The standard InChI is InChI=1S/C20H32N6OS/c1-16-24-25-18(26(16)2)14-22-19(21-13-17-7-6-12-28-17)23-15-20(10-11-27-3)8-4-5-9-20/h6-7,12H,4-5,8-11,13-15H2,1-3H3,(H2,21,22,23). The maximum atomic E-state index is 5.36. The third-order valence-corrected chi connectivity index (χ3v) is 6.58. The first-order chi connectivity index (χ1) is 13.6. The van der Waals surface area contributed by atoms with Gasteiger partial charge in [0.05, 0.1) is 6.54 Å². The van der Waals surface area contributed by atoms with Gasteiger partial charge in [0, 0.05) is 32.2 Å². The van der Waals surface area contributed by atoms with Gasteiger partial charge in [-0.1, -0.05) is 18.9 Å². The Hall–Kier alpha value is -1.93. The Labute approximate surface area is 171 Å². The van der Waals surface area contributed by atoms with Crippen LogP contribution in [0.1, 0.15) is 48.6 Å². The molecule has 0 unspecified atom stereocenters. The van der Waals surface area contributed by atoms with Gasteiger partial charge in [-0.3, -0.25) is 0 Å². The van der Waals surface area contributed by atoms with Gasteiger partial charge in [0.25, 0.3) is 0 Å². The molecule has 1 saturated carbocycles. The molecule has 0 atom stereocenters. The Bertz CT molecular complexity index is 749. The Kier molecular flexibility index (Phi) is 7.44. The van der Waals surface area contributed by atoms with Crippen molar-refractivity contribution >= 4 is 17.3 Å². The number of aryl methyl sites for hydroxylation is 1. The van der Waals surface area contributed by atoms with Crippen LogP contribution in [0.15, 0.2) is 22.5 Å². The number of nitrogens with one attached hydrogen (secondary N) is 2. The van der Waals surface area contributed by atoms with Gasteiger partial charge < -0.3 is 19.9 Å². The topological polar surface area (TPSA) is 76.4 Å². The lowest BCUT2D eigenvalue weighted by Crippen LogP contribution is -2.43. The smallest absolute Gasteiger partial charge is 0.192 e. The van der Waals surface area contributed by atoms with Crippen LogP contribution in [0.5, 0.6) is 0 Å². The Morgan fingerprint density at radius 1 is 1.32 bits per heavy atom. The third kappa shape index (κ3) is 5.54. The fraction of sp³-hybridized carbons (Fsp3) is 0.650. The molecule has 2 aromatic rings. The van der Waals surface area contributed by atoms with Crippen molar-refractivity contribution in [3.63, 3.8) is 0 Å². The van der Waals surface area contributed by atoms with Crippen LogP contribution in [-0.2, 0) is 24.9 Å².